The van der Waals surface area contributed by atoms with Crippen molar-refractivity contribution in [1.82, 2.24) is 9.97 Å². The number of fused-ring (bicyclic) bond motifs is 1. The molecule has 3 nitrogen and oxygen atoms in total. The highest BCUT2D eigenvalue weighted by Gasteiger charge is 2.10. The van der Waals surface area contributed by atoms with Gasteiger partial charge >= 0.3 is 0 Å². The Hall–Kier alpha value is -2.63. The molecule has 0 saturated carbocycles. The third-order valence-electron chi connectivity index (χ3n) is 3.34. The molecule has 0 unspecified atom stereocenters. The lowest BCUT2D eigenvalue weighted by Gasteiger charge is -2.09. The number of halogens is 3. The number of anilines is 1. The topological polar surface area (TPSA) is 37.8 Å². The molecule has 0 aliphatic rings. The van der Waals surface area contributed by atoms with Crippen LogP contribution in [0.15, 0.2) is 42.7 Å². The van der Waals surface area contributed by atoms with E-state index in [1.54, 1.807) is 12.1 Å². The molecule has 22 heavy (non-hydrogen) atoms. The van der Waals surface area contributed by atoms with Crippen LogP contribution >= 0.6 is 0 Å². The second-order valence-electron chi connectivity index (χ2n) is 4.73. The maximum atomic E-state index is 13.9. The van der Waals surface area contributed by atoms with Gasteiger partial charge < -0.3 is 5.32 Å². The number of nitrogens with zero attached hydrogens (tertiary/aromatic N) is 2. The molecule has 0 spiro atoms. The molecule has 1 N–H and O–H groups in total. The minimum absolute atomic E-state index is 0.00571. The van der Waals surface area contributed by atoms with Gasteiger partial charge in [-0.2, -0.15) is 0 Å². The van der Waals surface area contributed by atoms with Crippen LogP contribution in [0.3, 0.4) is 0 Å². The monoisotopic (exact) mass is 303 g/mol. The highest BCUT2D eigenvalue weighted by atomic mass is 19.1. The lowest BCUT2D eigenvalue weighted by atomic mass is 10.1. The molecule has 0 radical (unpaired) electrons. The van der Waals surface area contributed by atoms with Crippen LogP contribution in [-0.4, -0.2) is 16.5 Å². The van der Waals surface area contributed by atoms with Gasteiger partial charge in [-0.05, 0) is 30.7 Å². The number of rotatable bonds is 4. The Balaban J connectivity index is 1.80. The smallest absolute Gasteiger partial charge is 0.140 e. The molecular weight excluding hydrogens is 291 g/mol. The van der Waals surface area contributed by atoms with Crippen molar-refractivity contribution in [2.75, 3.05) is 11.9 Å². The van der Waals surface area contributed by atoms with Gasteiger partial charge in [-0.3, -0.25) is 0 Å². The van der Waals surface area contributed by atoms with E-state index >= 15 is 0 Å². The molecule has 112 valence electrons. The Morgan fingerprint density at radius 3 is 2.32 bits per heavy atom. The van der Waals surface area contributed by atoms with Gasteiger partial charge in [-0.1, -0.05) is 12.1 Å². The number of hydrogen-bond acceptors (Lipinski definition) is 3. The van der Waals surface area contributed by atoms with Crippen LogP contribution in [0.5, 0.6) is 0 Å². The predicted octanol–water partition coefficient (Wildman–Crippen LogP) is 3.70. The SMILES string of the molecule is Fc1cccc(F)c1CCNc1ncnc2cccc(F)c12. The van der Waals surface area contributed by atoms with Crippen LogP contribution in [0.25, 0.3) is 10.9 Å². The average Bonchev–Trinajstić information content (AvgIpc) is 2.50. The van der Waals surface area contributed by atoms with Crippen molar-refractivity contribution in [3.63, 3.8) is 0 Å². The van der Waals surface area contributed by atoms with Crippen LogP contribution in [0.4, 0.5) is 19.0 Å². The first-order valence-corrected chi connectivity index (χ1v) is 6.73. The zero-order valence-electron chi connectivity index (χ0n) is 11.5. The number of hydrogen-bond donors (Lipinski definition) is 1. The van der Waals surface area contributed by atoms with Crippen LogP contribution < -0.4 is 5.32 Å². The molecular formula is C16H12F3N3. The van der Waals surface area contributed by atoms with Crippen molar-refractivity contribution in [3.8, 4) is 0 Å². The molecule has 0 aliphatic carbocycles. The fourth-order valence-electron chi connectivity index (χ4n) is 2.28. The van der Waals surface area contributed by atoms with Crippen molar-refractivity contribution < 1.29 is 13.2 Å². The molecule has 0 fully saturated rings. The molecule has 1 heterocycles. The first-order chi connectivity index (χ1) is 10.7. The molecule has 0 amide bonds. The maximum absolute atomic E-state index is 13.9. The number of nitrogens with one attached hydrogen (secondary N) is 1. The Morgan fingerprint density at radius 2 is 1.55 bits per heavy atom. The van der Waals surface area contributed by atoms with Crippen LogP contribution in [0.1, 0.15) is 5.56 Å². The molecule has 6 heteroatoms. The second-order valence-corrected chi connectivity index (χ2v) is 4.73. The summed E-state index contributed by atoms with van der Waals surface area (Å²) >= 11 is 0. The fraction of sp³-hybridized carbons (Fsp3) is 0.125. The first-order valence-electron chi connectivity index (χ1n) is 6.73. The number of aromatic nitrogens is 2. The van der Waals surface area contributed by atoms with E-state index in [1.165, 1.54) is 30.6 Å². The molecule has 0 bridgehead atoms. The number of benzene rings is 2. The van der Waals surface area contributed by atoms with Crippen molar-refractivity contribution in [2.24, 2.45) is 0 Å². The van der Waals surface area contributed by atoms with E-state index in [0.717, 1.165) is 0 Å². The summed E-state index contributed by atoms with van der Waals surface area (Å²) in [5.41, 5.74) is 0.461. The van der Waals surface area contributed by atoms with Crippen LogP contribution in [-0.2, 0) is 6.42 Å². The third-order valence-corrected chi connectivity index (χ3v) is 3.34. The minimum Gasteiger partial charge on any atom is -0.369 e. The van der Waals surface area contributed by atoms with Gasteiger partial charge in [0.15, 0.2) is 0 Å². The summed E-state index contributed by atoms with van der Waals surface area (Å²) < 4.78 is 41.0. The molecule has 3 rings (SSSR count). The van der Waals surface area contributed by atoms with Gasteiger partial charge in [0.05, 0.1) is 10.9 Å². The standard InChI is InChI=1S/C16H12F3N3/c17-11-3-1-4-12(18)10(11)7-8-20-16-15-13(19)5-2-6-14(15)21-9-22-16/h1-6,9H,7-8H2,(H,20,21,22). The molecule has 3 aromatic rings. The van der Waals surface area contributed by atoms with Crippen molar-refractivity contribution in [3.05, 3.63) is 65.7 Å². The molecule has 0 aliphatic heterocycles. The van der Waals surface area contributed by atoms with E-state index in [4.69, 9.17) is 0 Å². The van der Waals surface area contributed by atoms with Crippen molar-refractivity contribution in [1.29, 1.82) is 0 Å². The average molecular weight is 303 g/mol. The first kappa shape index (κ1) is 14.3. The van der Waals surface area contributed by atoms with E-state index in [9.17, 15) is 13.2 Å². The van der Waals surface area contributed by atoms with E-state index < -0.39 is 17.5 Å². The minimum atomic E-state index is -0.597. The van der Waals surface area contributed by atoms with Gasteiger partial charge in [0.1, 0.15) is 29.6 Å². The molecule has 2 aromatic carbocycles. The largest absolute Gasteiger partial charge is 0.369 e. The molecule has 0 atom stereocenters. The van der Waals surface area contributed by atoms with E-state index in [1.807, 2.05) is 0 Å². The lowest BCUT2D eigenvalue weighted by molar-refractivity contribution is 0.557. The van der Waals surface area contributed by atoms with Gasteiger partial charge in [0, 0.05) is 12.1 Å². The highest BCUT2D eigenvalue weighted by Crippen LogP contribution is 2.22. The Labute approximate surface area is 124 Å². The van der Waals surface area contributed by atoms with Crippen molar-refractivity contribution in [2.45, 2.75) is 6.42 Å². The van der Waals surface area contributed by atoms with Gasteiger partial charge in [0.2, 0.25) is 0 Å². The summed E-state index contributed by atoms with van der Waals surface area (Å²) in [6.07, 6.45) is 1.44. The summed E-state index contributed by atoms with van der Waals surface area (Å²) in [6.45, 7) is 0.221. The second kappa shape index (κ2) is 6.01. The summed E-state index contributed by atoms with van der Waals surface area (Å²) in [4.78, 5) is 7.98. The third kappa shape index (κ3) is 2.72. The summed E-state index contributed by atoms with van der Waals surface area (Å²) in [7, 11) is 0. The van der Waals surface area contributed by atoms with Gasteiger partial charge in [0.25, 0.3) is 0 Å². The van der Waals surface area contributed by atoms with E-state index in [-0.39, 0.29) is 23.9 Å². The Kier molecular flexibility index (Phi) is 3.91. The van der Waals surface area contributed by atoms with Gasteiger partial charge in [-0.25, -0.2) is 23.1 Å². The quantitative estimate of drug-likeness (QED) is 0.798. The Bertz CT molecular complexity index is 795. The predicted molar refractivity (Wildman–Crippen MR) is 78.0 cm³/mol. The molecule has 1 aromatic heterocycles. The molecule has 0 saturated heterocycles. The fourth-order valence-corrected chi connectivity index (χ4v) is 2.28. The van der Waals surface area contributed by atoms with Crippen LogP contribution in [0.2, 0.25) is 0 Å². The van der Waals surface area contributed by atoms with Gasteiger partial charge in [-0.15, -0.1) is 0 Å². The zero-order valence-corrected chi connectivity index (χ0v) is 11.5. The lowest BCUT2D eigenvalue weighted by Crippen LogP contribution is -2.09. The summed E-state index contributed by atoms with van der Waals surface area (Å²) in [5.74, 6) is -1.33. The van der Waals surface area contributed by atoms with Crippen molar-refractivity contribution >= 4 is 16.7 Å². The summed E-state index contributed by atoms with van der Waals surface area (Å²) in [5, 5.41) is 3.17. The highest BCUT2D eigenvalue weighted by molar-refractivity contribution is 5.89. The van der Waals surface area contributed by atoms with E-state index in [2.05, 4.69) is 15.3 Å². The summed E-state index contributed by atoms with van der Waals surface area (Å²) in [6, 6.07) is 8.27. The van der Waals surface area contributed by atoms with E-state index in [0.29, 0.717) is 11.3 Å². The maximum Gasteiger partial charge on any atom is 0.140 e. The normalized spacial score (nSPS) is 10.9. The van der Waals surface area contributed by atoms with Crippen LogP contribution in [0, 0.1) is 17.5 Å². The Morgan fingerprint density at radius 1 is 0.864 bits per heavy atom. The zero-order chi connectivity index (χ0) is 15.5.